The van der Waals surface area contributed by atoms with Gasteiger partial charge in [-0.3, -0.25) is 0 Å². The lowest BCUT2D eigenvalue weighted by Crippen LogP contribution is -1.92. The Morgan fingerprint density at radius 3 is 0.933 bits per heavy atom. The first-order chi connectivity index (χ1) is 29.7. The van der Waals surface area contributed by atoms with Crippen molar-refractivity contribution in [3.05, 3.63) is 231 Å². The number of benzene rings is 12. The average molecular weight is 759 g/mol. The van der Waals surface area contributed by atoms with E-state index in [0.717, 1.165) is 0 Å². The lowest BCUT2D eigenvalue weighted by Gasteiger charge is -2.19. The van der Waals surface area contributed by atoms with Gasteiger partial charge in [-0.2, -0.15) is 0 Å². The standard InChI is InChI=1S/C60H38/c1-4-13-42-32-48(23-20-39(42)10-1)50-27-26-49-34-47(24-25-51(49)35-50)45-16-9-17-46(33-45)52-30-31-57-58(38-52)60(54-29-22-41-12-3-6-15-44(41)37-54)56-19-8-7-18-55(56)59(57)53-28-21-40-11-2-5-14-43(40)36-53/h1-38H. The molecule has 0 aliphatic heterocycles. The van der Waals surface area contributed by atoms with Gasteiger partial charge in [-0.25, -0.2) is 0 Å². The molecule has 278 valence electrons. The first-order valence-corrected chi connectivity index (χ1v) is 20.8. The van der Waals surface area contributed by atoms with E-state index in [0.29, 0.717) is 0 Å². The summed E-state index contributed by atoms with van der Waals surface area (Å²) >= 11 is 0. The van der Waals surface area contributed by atoms with Crippen molar-refractivity contribution in [1.82, 2.24) is 0 Å². The number of hydrogen-bond acceptors (Lipinski definition) is 0. The van der Waals surface area contributed by atoms with Crippen LogP contribution in [0.3, 0.4) is 0 Å². The quantitative estimate of drug-likeness (QED) is 0.153. The van der Waals surface area contributed by atoms with Crippen LogP contribution < -0.4 is 0 Å². The maximum absolute atomic E-state index is 2.44. The van der Waals surface area contributed by atoms with Crippen molar-refractivity contribution in [2.75, 3.05) is 0 Å². The van der Waals surface area contributed by atoms with E-state index in [2.05, 4.69) is 231 Å². The van der Waals surface area contributed by atoms with Gasteiger partial charge in [0.05, 0.1) is 0 Å². The van der Waals surface area contributed by atoms with E-state index in [1.165, 1.54) is 120 Å². The third kappa shape index (κ3) is 5.84. The van der Waals surface area contributed by atoms with Crippen molar-refractivity contribution in [2.45, 2.75) is 0 Å². The molecule has 12 aromatic carbocycles. The van der Waals surface area contributed by atoms with E-state index in [4.69, 9.17) is 0 Å². The molecular weight excluding hydrogens is 721 g/mol. The maximum atomic E-state index is 2.44. The Hall–Kier alpha value is -7.80. The summed E-state index contributed by atoms with van der Waals surface area (Å²) < 4.78 is 0. The predicted molar refractivity (Wildman–Crippen MR) is 259 cm³/mol. The van der Waals surface area contributed by atoms with Gasteiger partial charge in [0, 0.05) is 0 Å². The van der Waals surface area contributed by atoms with Crippen LogP contribution in [0.15, 0.2) is 231 Å². The van der Waals surface area contributed by atoms with Crippen molar-refractivity contribution < 1.29 is 0 Å². The van der Waals surface area contributed by atoms with Crippen molar-refractivity contribution in [3.63, 3.8) is 0 Å². The Labute approximate surface area is 349 Å². The topological polar surface area (TPSA) is 0 Å². The van der Waals surface area contributed by atoms with E-state index in [-0.39, 0.29) is 0 Å². The van der Waals surface area contributed by atoms with Gasteiger partial charge in [-0.05, 0) is 163 Å². The van der Waals surface area contributed by atoms with Crippen molar-refractivity contribution in [1.29, 1.82) is 0 Å². The molecule has 0 heteroatoms. The van der Waals surface area contributed by atoms with E-state index in [1.807, 2.05) is 0 Å². The molecule has 0 fully saturated rings. The summed E-state index contributed by atoms with van der Waals surface area (Å²) in [5, 5.41) is 15.0. The molecule has 0 heterocycles. The molecule has 0 saturated heterocycles. The van der Waals surface area contributed by atoms with Crippen LogP contribution in [0, 0.1) is 0 Å². The Kier molecular flexibility index (Phi) is 7.96. The van der Waals surface area contributed by atoms with Gasteiger partial charge in [0.15, 0.2) is 0 Å². The Bertz CT molecular complexity index is 3660. The molecule has 0 atom stereocenters. The second-order valence-electron chi connectivity index (χ2n) is 16.1. The van der Waals surface area contributed by atoms with Crippen molar-refractivity contribution >= 4 is 64.6 Å². The summed E-state index contributed by atoms with van der Waals surface area (Å²) in [5.74, 6) is 0. The molecule has 0 amide bonds. The van der Waals surface area contributed by atoms with Crippen LogP contribution in [0.4, 0.5) is 0 Å². The molecule has 0 radical (unpaired) electrons. The molecule has 60 heavy (non-hydrogen) atoms. The molecule has 0 spiro atoms. The molecule has 0 bridgehead atoms. The highest BCUT2D eigenvalue weighted by atomic mass is 14.2. The number of hydrogen-bond donors (Lipinski definition) is 0. The first kappa shape index (κ1) is 34.3. The SMILES string of the molecule is c1cc(-c2ccc3cc(-c4ccc5ccccc5c4)ccc3c2)cc(-c2ccc3c(-c4ccc5ccccc5c4)c4ccccc4c(-c4ccc5ccccc5c4)c3c2)c1. The Morgan fingerprint density at radius 2 is 0.450 bits per heavy atom. The summed E-state index contributed by atoms with van der Waals surface area (Å²) in [4.78, 5) is 0. The third-order valence-electron chi connectivity index (χ3n) is 12.6. The fourth-order valence-electron chi connectivity index (χ4n) is 9.52. The average Bonchev–Trinajstić information content (AvgIpc) is 3.32. The van der Waals surface area contributed by atoms with Crippen molar-refractivity contribution in [2.24, 2.45) is 0 Å². The molecule has 12 aromatic rings. The molecular formula is C60H38. The summed E-state index contributed by atoms with van der Waals surface area (Å²) in [7, 11) is 0. The van der Waals surface area contributed by atoms with Crippen LogP contribution >= 0.6 is 0 Å². The fourth-order valence-corrected chi connectivity index (χ4v) is 9.52. The predicted octanol–water partition coefficient (Wildman–Crippen LogP) is 16.9. The summed E-state index contributed by atoms with van der Waals surface area (Å²) in [6.07, 6.45) is 0. The highest BCUT2D eigenvalue weighted by Gasteiger charge is 2.18. The summed E-state index contributed by atoms with van der Waals surface area (Å²) in [5.41, 5.74) is 12.3. The van der Waals surface area contributed by atoms with E-state index in [9.17, 15) is 0 Å². The Morgan fingerprint density at radius 1 is 0.150 bits per heavy atom. The minimum atomic E-state index is 1.20. The molecule has 0 N–H and O–H groups in total. The maximum Gasteiger partial charge on any atom is -0.00259 e. The van der Waals surface area contributed by atoms with Gasteiger partial charge in [0.2, 0.25) is 0 Å². The van der Waals surface area contributed by atoms with Crippen LogP contribution in [-0.2, 0) is 0 Å². The zero-order valence-electron chi connectivity index (χ0n) is 32.9. The fraction of sp³-hybridized carbons (Fsp3) is 0. The van der Waals surface area contributed by atoms with Gasteiger partial charge < -0.3 is 0 Å². The lowest BCUT2D eigenvalue weighted by atomic mass is 9.84. The molecule has 0 aromatic heterocycles. The summed E-state index contributed by atoms with van der Waals surface area (Å²) in [6, 6.07) is 85.3. The van der Waals surface area contributed by atoms with Crippen LogP contribution in [-0.4, -0.2) is 0 Å². The normalized spacial score (nSPS) is 11.7. The first-order valence-electron chi connectivity index (χ1n) is 20.8. The third-order valence-corrected chi connectivity index (χ3v) is 12.6. The minimum absolute atomic E-state index is 1.20. The van der Waals surface area contributed by atoms with Gasteiger partial charge in [-0.1, -0.05) is 188 Å². The molecule has 0 nitrogen and oxygen atoms in total. The number of fused-ring (bicyclic) bond motifs is 6. The summed E-state index contributed by atoms with van der Waals surface area (Å²) in [6.45, 7) is 0. The van der Waals surface area contributed by atoms with Crippen LogP contribution in [0.25, 0.3) is 120 Å². The van der Waals surface area contributed by atoms with Gasteiger partial charge in [0.25, 0.3) is 0 Å². The second-order valence-corrected chi connectivity index (χ2v) is 16.1. The molecule has 12 rings (SSSR count). The van der Waals surface area contributed by atoms with Gasteiger partial charge in [0.1, 0.15) is 0 Å². The smallest absolute Gasteiger partial charge is 0.00259 e. The largest absolute Gasteiger partial charge is 0.0616 e. The molecule has 0 aliphatic rings. The minimum Gasteiger partial charge on any atom is -0.0616 e. The second kappa shape index (κ2) is 13.9. The Balaban J connectivity index is 1.00. The zero-order valence-corrected chi connectivity index (χ0v) is 32.9. The van der Waals surface area contributed by atoms with E-state index < -0.39 is 0 Å². The monoisotopic (exact) mass is 758 g/mol. The highest BCUT2D eigenvalue weighted by Crippen LogP contribution is 2.46. The lowest BCUT2D eigenvalue weighted by molar-refractivity contribution is 1.61. The van der Waals surface area contributed by atoms with Gasteiger partial charge in [-0.15, -0.1) is 0 Å². The van der Waals surface area contributed by atoms with Gasteiger partial charge >= 0.3 is 0 Å². The van der Waals surface area contributed by atoms with Crippen molar-refractivity contribution in [3.8, 4) is 55.6 Å². The van der Waals surface area contributed by atoms with E-state index >= 15 is 0 Å². The van der Waals surface area contributed by atoms with Crippen LogP contribution in [0.2, 0.25) is 0 Å². The van der Waals surface area contributed by atoms with Crippen LogP contribution in [0.5, 0.6) is 0 Å². The van der Waals surface area contributed by atoms with E-state index in [1.54, 1.807) is 0 Å². The zero-order chi connectivity index (χ0) is 39.6. The number of rotatable bonds is 5. The molecule has 0 aliphatic carbocycles. The molecule has 0 saturated carbocycles. The van der Waals surface area contributed by atoms with Crippen LogP contribution in [0.1, 0.15) is 0 Å². The molecule has 0 unspecified atom stereocenters. The highest BCUT2D eigenvalue weighted by molar-refractivity contribution is 6.22.